The SMILES string of the molecule is COc1c(OCC2CCN(C)CC2)c(O)c2[nH]c(=O)nc(Nc3c(O)c(O)c(Br)c(O)c3F)c2c1O. The van der Waals surface area contributed by atoms with Crippen molar-refractivity contribution in [2.45, 2.75) is 12.8 Å². The zero-order valence-electron chi connectivity index (χ0n) is 19.2. The van der Waals surface area contributed by atoms with Crippen molar-refractivity contribution in [2.75, 3.05) is 39.2 Å². The number of rotatable bonds is 6. The molecule has 1 aliphatic rings. The monoisotopic (exact) mass is 570 g/mol. The van der Waals surface area contributed by atoms with Crippen LogP contribution in [0.15, 0.2) is 9.27 Å². The lowest BCUT2D eigenvalue weighted by Crippen LogP contribution is -2.32. The summed E-state index contributed by atoms with van der Waals surface area (Å²) in [4.78, 5) is 20.4. The topological polar surface area (TPSA) is 181 Å². The van der Waals surface area contributed by atoms with E-state index in [2.05, 4.69) is 36.1 Å². The quantitative estimate of drug-likeness (QED) is 0.171. The van der Waals surface area contributed by atoms with Gasteiger partial charge >= 0.3 is 5.69 Å². The zero-order chi connectivity index (χ0) is 26.3. The minimum absolute atomic E-state index is 0.195. The van der Waals surface area contributed by atoms with Gasteiger partial charge < -0.3 is 50.2 Å². The Balaban J connectivity index is 1.82. The Morgan fingerprint density at radius 2 is 1.75 bits per heavy atom. The van der Waals surface area contributed by atoms with Crippen molar-refractivity contribution in [2.24, 2.45) is 5.92 Å². The standard InChI is InChI=1S/C22H24BrFN4O8/c1-28-5-3-8(4-6-28)7-36-20-18(33)12-9(14(29)19(20)35-2)21(27-22(34)26-12)25-13-11(24)15(30)10(23)16(31)17(13)32/h8,29-33H,3-7H2,1-2H3,(H2,25,26,27,34). The van der Waals surface area contributed by atoms with Crippen LogP contribution in [0.3, 0.4) is 0 Å². The van der Waals surface area contributed by atoms with Gasteiger partial charge in [-0.1, -0.05) is 0 Å². The van der Waals surface area contributed by atoms with Gasteiger partial charge in [0.25, 0.3) is 0 Å². The largest absolute Gasteiger partial charge is 0.504 e. The van der Waals surface area contributed by atoms with E-state index >= 15 is 0 Å². The fraction of sp³-hybridized carbons (Fsp3) is 0.364. The van der Waals surface area contributed by atoms with E-state index in [1.165, 1.54) is 7.11 Å². The Bertz CT molecular complexity index is 1360. The molecule has 0 aliphatic carbocycles. The minimum atomic E-state index is -1.39. The summed E-state index contributed by atoms with van der Waals surface area (Å²) in [5.41, 5.74) is -2.15. The molecule has 7 N–H and O–H groups in total. The summed E-state index contributed by atoms with van der Waals surface area (Å²) >= 11 is 2.74. The molecule has 12 nitrogen and oxygen atoms in total. The highest BCUT2D eigenvalue weighted by molar-refractivity contribution is 9.10. The number of nitrogens with zero attached hydrogens (tertiary/aromatic N) is 2. The summed E-state index contributed by atoms with van der Waals surface area (Å²) in [6.07, 6.45) is 1.74. The normalized spacial score (nSPS) is 14.8. The Morgan fingerprint density at radius 3 is 2.39 bits per heavy atom. The van der Waals surface area contributed by atoms with Gasteiger partial charge in [-0.05, 0) is 54.8 Å². The summed E-state index contributed by atoms with van der Waals surface area (Å²) in [5.74, 6) is -6.30. The third-order valence-corrected chi connectivity index (χ3v) is 6.85. The molecule has 0 spiro atoms. The molecular weight excluding hydrogens is 547 g/mol. The fourth-order valence-electron chi connectivity index (χ4n) is 4.05. The van der Waals surface area contributed by atoms with E-state index in [9.17, 15) is 34.7 Å². The lowest BCUT2D eigenvalue weighted by atomic mass is 9.98. The molecule has 4 rings (SSSR count). The van der Waals surface area contributed by atoms with Crippen LogP contribution in [0.25, 0.3) is 10.9 Å². The van der Waals surface area contributed by atoms with E-state index in [4.69, 9.17) is 9.47 Å². The molecule has 0 unspecified atom stereocenters. The van der Waals surface area contributed by atoms with E-state index < -0.39 is 56.2 Å². The number of aromatic nitrogens is 2. The molecule has 0 saturated carbocycles. The van der Waals surface area contributed by atoms with Gasteiger partial charge in [-0.2, -0.15) is 4.98 Å². The summed E-state index contributed by atoms with van der Waals surface area (Å²) in [7, 11) is 3.25. The molecular formula is C22H24BrFN4O8. The second-order valence-corrected chi connectivity index (χ2v) is 9.22. The van der Waals surface area contributed by atoms with Crippen molar-refractivity contribution in [3.05, 3.63) is 20.8 Å². The van der Waals surface area contributed by atoms with Gasteiger partial charge in [0.05, 0.1) is 19.1 Å². The molecule has 0 amide bonds. The van der Waals surface area contributed by atoms with Crippen molar-refractivity contribution in [1.82, 2.24) is 14.9 Å². The molecule has 0 radical (unpaired) electrons. The van der Waals surface area contributed by atoms with E-state index in [-0.39, 0.29) is 34.9 Å². The molecule has 36 heavy (non-hydrogen) atoms. The van der Waals surface area contributed by atoms with Gasteiger partial charge in [-0.3, -0.25) is 0 Å². The van der Waals surface area contributed by atoms with Crippen LogP contribution in [-0.4, -0.2) is 74.3 Å². The number of ether oxygens (including phenoxy) is 2. The summed E-state index contributed by atoms with van der Waals surface area (Å²) in [6.45, 7) is 2.00. The predicted molar refractivity (Wildman–Crippen MR) is 130 cm³/mol. The number of halogens is 2. The fourth-order valence-corrected chi connectivity index (χ4v) is 4.41. The molecule has 0 bridgehead atoms. The maximum atomic E-state index is 14.7. The number of hydrogen-bond donors (Lipinski definition) is 7. The lowest BCUT2D eigenvalue weighted by Gasteiger charge is -2.29. The van der Waals surface area contributed by atoms with Crippen LogP contribution in [0.2, 0.25) is 0 Å². The minimum Gasteiger partial charge on any atom is -0.504 e. The van der Waals surface area contributed by atoms with E-state index in [0.29, 0.717) is 0 Å². The smallest absolute Gasteiger partial charge is 0.347 e. The number of aromatic hydroxyl groups is 5. The first kappa shape index (κ1) is 25.4. The third-order valence-electron chi connectivity index (χ3n) is 6.10. The van der Waals surface area contributed by atoms with Gasteiger partial charge in [-0.15, -0.1) is 0 Å². The Labute approximate surface area is 211 Å². The highest BCUT2D eigenvalue weighted by atomic mass is 79.9. The van der Waals surface area contributed by atoms with Crippen molar-refractivity contribution in [3.63, 3.8) is 0 Å². The zero-order valence-corrected chi connectivity index (χ0v) is 20.8. The molecule has 1 aliphatic heterocycles. The van der Waals surface area contributed by atoms with Crippen LogP contribution in [-0.2, 0) is 0 Å². The third kappa shape index (κ3) is 4.37. The second kappa shape index (κ2) is 9.78. The molecule has 1 aromatic heterocycles. The average molecular weight is 571 g/mol. The van der Waals surface area contributed by atoms with Gasteiger partial charge in [0.2, 0.25) is 11.5 Å². The first-order chi connectivity index (χ1) is 17.0. The molecule has 0 atom stereocenters. The van der Waals surface area contributed by atoms with Crippen LogP contribution >= 0.6 is 15.9 Å². The van der Waals surface area contributed by atoms with E-state index in [1.807, 2.05) is 7.05 Å². The molecule has 2 aromatic carbocycles. The maximum absolute atomic E-state index is 14.7. The molecule has 1 saturated heterocycles. The van der Waals surface area contributed by atoms with Crippen molar-refractivity contribution in [1.29, 1.82) is 0 Å². The first-order valence-corrected chi connectivity index (χ1v) is 11.6. The van der Waals surface area contributed by atoms with Crippen molar-refractivity contribution in [3.8, 4) is 40.2 Å². The molecule has 14 heteroatoms. The molecule has 1 fully saturated rings. The van der Waals surface area contributed by atoms with Crippen LogP contribution in [0.1, 0.15) is 12.8 Å². The van der Waals surface area contributed by atoms with Crippen LogP contribution < -0.4 is 20.5 Å². The van der Waals surface area contributed by atoms with Crippen LogP contribution in [0.5, 0.6) is 40.2 Å². The van der Waals surface area contributed by atoms with Gasteiger partial charge in [0, 0.05) is 0 Å². The van der Waals surface area contributed by atoms with Crippen molar-refractivity contribution < 1.29 is 39.4 Å². The number of benzene rings is 2. The number of aromatic amines is 1. The molecule has 2 heterocycles. The number of phenols is 5. The second-order valence-electron chi connectivity index (χ2n) is 8.43. The van der Waals surface area contributed by atoms with Gasteiger partial charge in [-0.25, -0.2) is 9.18 Å². The Hall–Kier alpha value is -3.65. The molecule has 3 aromatic rings. The van der Waals surface area contributed by atoms with Crippen molar-refractivity contribution >= 4 is 38.3 Å². The number of hydrogen-bond acceptors (Lipinski definition) is 11. The summed E-state index contributed by atoms with van der Waals surface area (Å²) in [6, 6.07) is 0. The number of fused-ring (bicyclic) bond motifs is 1. The van der Waals surface area contributed by atoms with E-state index in [0.717, 1.165) is 25.9 Å². The number of H-pyrrole nitrogens is 1. The van der Waals surface area contributed by atoms with Gasteiger partial charge in [0.1, 0.15) is 21.5 Å². The average Bonchev–Trinajstić information content (AvgIpc) is 2.86. The maximum Gasteiger partial charge on any atom is 0.347 e. The summed E-state index contributed by atoms with van der Waals surface area (Å²) in [5, 5.41) is 54.0. The number of methoxy groups -OCH3 is 1. The lowest BCUT2D eigenvalue weighted by molar-refractivity contribution is 0.154. The number of nitrogens with one attached hydrogen (secondary N) is 2. The number of likely N-dealkylation sites (tertiary alicyclic amines) is 1. The number of anilines is 2. The first-order valence-electron chi connectivity index (χ1n) is 10.8. The number of piperidine rings is 1. The van der Waals surface area contributed by atoms with Crippen LogP contribution in [0, 0.1) is 11.7 Å². The van der Waals surface area contributed by atoms with Gasteiger partial charge in [0.15, 0.2) is 34.6 Å². The van der Waals surface area contributed by atoms with E-state index in [1.54, 1.807) is 0 Å². The molecule has 194 valence electrons. The number of phenolic OH excluding ortho intramolecular Hbond substituents is 5. The predicted octanol–water partition coefficient (Wildman–Crippen LogP) is 2.83. The summed E-state index contributed by atoms with van der Waals surface area (Å²) < 4.78 is 25.3. The highest BCUT2D eigenvalue weighted by Gasteiger charge is 2.29. The highest BCUT2D eigenvalue weighted by Crippen LogP contribution is 2.52. The Morgan fingerprint density at radius 1 is 1.08 bits per heavy atom. The van der Waals surface area contributed by atoms with Crippen LogP contribution in [0.4, 0.5) is 15.9 Å². The Kier molecular flexibility index (Phi) is 6.91.